The van der Waals surface area contributed by atoms with Crippen LogP contribution < -0.4 is 5.32 Å². The molecule has 25 heavy (non-hydrogen) atoms. The molecule has 130 valence electrons. The fraction of sp³-hybridized carbons (Fsp3) is 0.222. The van der Waals surface area contributed by atoms with Gasteiger partial charge in [-0.2, -0.15) is 5.26 Å². The highest BCUT2D eigenvalue weighted by atomic mass is 35.5. The van der Waals surface area contributed by atoms with Crippen LogP contribution in [0.5, 0.6) is 0 Å². The number of nitrogens with one attached hydrogen (secondary N) is 1. The molecule has 0 atom stereocenters. The quantitative estimate of drug-likeness (QED) is 0.442. The minimum Gasteiger partial charge on any atom is -0.457 e. The Kier molecular flexibility index (Phi) is 7.08. The van der Waals surface area contributed by atoms with Gasteiger partial charge in [0.2, 0.25) is 0 Å². The van der Waals surface area contributed by atoms with Crippen molar-refractivity contribution in [3.8, 4) is 17.4 Å². The van der Waals surface area contributed by atoms with Crippen LogP contribution in [-0.4, -0.2) is 26.2 Å². The number of nitrogens with zero attached hydrogens (tertiary/aromatic N) is 1. The molecule has 0 aliphatic rings. The fourth-order valence-corrected chi connectivity index (χ4v) is 2.57. The Labute approximate surface area is 155 Å². The molecule has 1 aromatic carbocycles. The van der Waals surface area contributed by atoms with E-state index >= 15 is 0 Å². The zero-order valence-electron chi connectivity index (χ0n) is 13.5. The number of carbonyl (C=O) groups is 1. The molecule has 0 radical (unpaired) electrons. The number of rotatable bonds is 7. The second-order valence-electron chi connectivity index (χ2n) is 5.10. The number of hydrogen-bond acceptors (Lipinski definition) is 4. The van der Waals surface area contributed by atoms with Gasteiger partial charge in [0.1, 0.15) is 23.2 Å². The molecule has 0 saturated heterocycles. The Morgan fingerprint density at radius 1 is 1.36 bits per heavy atom. The topological polar surface area (TPSA) is 75.3 Å². The van der Waals surface area contributed by atoms with Crippen LogP contribution in [0, 0.1) is 11.3 Å². The van der Waals surface area contributed by atoms with Crippen molar-refractivity contribution in [3.63, 3.8) is 0 Å². The van der Waals surface area contributed by atoms with Gasteiger partial charge in [-0.25, -0.2) is 0 Å². The highest BCUT2D eigenvalue weighted by molar-refractivity contribution is 6.36. The van der Waals surface area contributed by atoms with E-state index in [2.05, 4.69) is 5.32 Å². The monoisotopic (exact) mass is 378 g/mol. The van der Waals surface area contributed by atoms with Crippen molar-refractivity contribution in [1.29, 1.82) is 5.26 Å². The molecule has 0 aliphatic heterocycles. The van der Waals surface area contributed by atoms with Gasteiger partial charge in [0.25, 0.3) is 5.91 Å². The molecule has 0 spiro atoms. The maximum Gasteiger partial charge on any atom is 0.262 e. The third-order valence-electron chi connectivity index (χ3n) is 3.29. The Morgan fingerprint density at radius 3 is 2.84 bits per heavy atom. The first-order valence-electron chi connectivity index (χ1n) is 7.49. The maximum atomic E-state index is 12.0. The van der Waals surface area contributed by atoms with E-state index in [0.717, 1.165) is 0 Å². The van der Waals surface area contributed by atoms with Crippen molar-refractivity contribution in [2.24, 2.45) is 0 Å². The first kappa shape index (κ1) is 19.1. The van der Waals surface area contributed by atoms with Crippen molar-refractivity contribution in [1.82, 2.24) is 5.32 Å². The maximum absolute atomic E-state index is 12.0. The van der Waals surface area contributed by atoms with Gasteiger partial charge >= 0.3 is 0 Å². The molecule has 0 fully saturated rings. The van der Waals surface area contributed by atoms with Gasteiger partial charge in [-0.15, -0.1) is 0 Å². The molecule has 2 aromatic rings. The number of amides is 1. The van der Waals surface area contributed by atoms with Crippen LogP contribution in [0.3, 0.4) is 0 Å². The lowest BCUT2D eigenvalue weighted by Gasteiger charge is -2.03. The van der Waals surface area contributed by atoms with E-state index in [0.29, 0.717) is 46.7 Å². The second kappa shape index (κ2) is 9.28. The zero-order valence-corrected chi connectivity index (χ0v) is 15.0. The lowest BCUT2D eigenvalue weighted by Crippen LogP contribution is -2.26. The van der Waals surface area contributed by atoms with E-state index in [9.17, 15) is 10.1 Å². The molecule has 7 heteroatoms. The number of methoxy groups -OCH3 is 1. The number of furan rings is 1. The highest BCUT2D eigenvalue weighted by Gasteiger charge is 2.12. The minimum absolute atomic E-state index is 0.0412. The van der Waals surface area contributed by atoms with Crippen molar-refractivity contribution in [2.45, 2.75) is 6.42 Å². The molecule has 0 unspecified atom stereocenters. The summed E-state index contributed by atoms with van der Waals surface area (Å²) in [7, 11) is 1.59. The minimum atomic E-state index is -0.457. The summed E-state index contributed by atoms with van der Waals surface area (Å²) in [5, 5.41) is 12.8. The SMILES string of the molecule is COCCCNC(=O)/C(C#N)=C/c1ccc(-c2ccc(Cl)cc2Cl)o1. The summed E-state index contributed by atoms with van der Waals surface area (Å²) in [4.78, 5) is 12.0. The lowest BCUT2D eigenvalue weighted by atomic mass is 10.2. The summed E-state index contributed by atoms with van der Waals surface area (Å²) in [5.41, 5.74) is 0.633. The van der Waals surface area contributed by atoms with Crippen LogP contribution in [0.1, 0.15) is 12.2 Å². The Balaban J connectivity index is 2.13. The first-order valence-corrected chi connectivity index (χ1v) is 8.25. The van der Waals surface area contributed by atoms with Gasteiger partial charge in [-0.1, -0.05) is 23.2 Å². The summed E-state index contributed by atoms with van der Waals surface area (Å²) in [6, 6.07) is 10.3. The van der Waals surface area contributed by atoms with Crippen molar-refractivity contribution >= 4 is 35.2 Å². The molecule has 2 rings (SSSR count). The summed E-state index contributed by atoms with van der Waals surface area (Å²) in [6.45, 7) is 0.963. The summed E-state index contributed by atoms with van der Waals surface area (Å²) in [5.74, 6) is 0.441. The van der Waals surface area contributed by atoms with Crippen molar-refractivity contribution < 1.29 is 13.9 Å². The molecule has 1 N–H and O–H groups in total. The Hall–Kier alpha value is -2.26. The smallest absolute Gasteiger partial charge is 0.262 e. The number of benzene rings is 1. The number of ether oxygens (including phenoxy) is 1. The number of hydrogen-bond donors (Lipinski definition) is 1. The standard InChI is InChI=1S/C18H16Cl2N2O3/c1-24-8-2-7-22-18(23)12(11-21)9-14-4-6-17(25-14)15-5-3-13(19)10-16(15)20/h3-6,9-10H,2,7-8H2,1H3,(H,22,23)/b12-9+. The predicted octanol–water partition coefficient (Wildman–Crippen LogP) is 4.31. The number of carbonyl (C=O) groups excluding carboxylic acids is 1. The molecular weight excluding hydrogens is 363 g/mol. The van der Waals surface area contributed by atoms with Gasteiger partial charge < -0.3 is 14.5 Å². The third-order valence-corrected chi connectivity index (χ3v) is 3.83. The lowest BCUT2D eigenvalue weighted by molar-refractivity contribution is -0.117. The summed E-state index contributed by atoms with van der Waals surface area (Å²) >= 11 is 12.0. The van der Waals surface area contributed by atoms with Crippen LogP contribution in [0.15, 0.2) is 40.3 Å². The highest BCUT2D eigenvalue weighted by Crippen LogP contribution is 2.31. The van der Waals surface area contributed by atoms with Gasteiger partial charge in [0.05, 0.1) is 5.02 Å². The fourth-order valence-electron chi connectivity index (χ4n) is 2.07. The van der Waals surface area contributed by atoms with Crippen LogP contribution in [0.4, 0.5) is 0 Å². The predicted molar refractivity (Wildman–Crippen MR) is 97.3 cm³/mol. The van der Waals surface area contributed by atoms with Gasteiger partial charge in [0, 0.05) is 36.9 Å². The van der Waals surface area contributed by atoms with Gasteiger partial charge in [0.15, 0.2) is 0 Å². The molecule has 0 saturated carbocycles. The van der Waals surface area contributed by atoms with E-state index < -0.39 is 5.91 Å². The Morgan fingerprint density at radius 2 is 2.16 bits per heavy atom. The van der Waals surface area contributed by atoms with E-state index in [1.165, 1.54) is 6.08 Å². The average Bonchev–Trinajstić information content (AvgIpc) is 3.04. The molecule has 1 heterocycles. The average molecular weight is 379 g/mol. The van der Waals surface area contributed by atoms with Crippen LogP contribution in [0.25, 0.3) is 17.4 Å². The van der Waals surface area contributed by atoms with E-state index in [4.69, 9.17) is 32.4 Å². The van der Waals surface area contributed by atoms with E-state index in [1.54, 1.807) is 37.4 Å². The van der Waals surface area contributed by atoms with E-state index in [1.807, 2.05) is 6.07 Å². The second-order valence-corrected chi connectivity index (χ2v) is 5.94. The molecule has 0 aliphatic carbocycles. The number of nitriles is 1. The van der Waals surface area contributed by atoms with Crippen LogP contribution >= 0.6 is 23.2 Å². The molecule has 5 nitrogen and oxygen atoms in total. The van der Waals surface area contributed by atoms with Crippen molar-refractivity contribution in [2.75, 3.05) is 20.3 Å². The molecular formula is C18H16Cl2N2O3. The van der Waals surface area contributed by atoms with Gasteiger partial charge in [-0.05, 0) is 36.8 Å². The summed E-state index contributed by atoms with van der Waals surface area (Å²) < 4.78 is 10.6. The summed E-state index contributed by atoms with van der Waals surface area (Å²) in [6.07, 6.45) is 2.06. The Bertz CT molecular complexity index is 822. The molecule has 1 amide bonds. The molecule has 0 bridgehead atoms. The van der Waals surface area contributed by atoms with Crippen molar-refractivity contribution in [3.05, 3.63) is 51.7 Å². The van der Waals surface area contributed by atoms with E-state index in [-0.39, 0.29) is 5.57 Å². The molecule has 1 aromatic heterocycles. The zero-order chi connectivity index (χ0) is 18.2. The van der Waals surface area contributed by atoms with Gasteiger partial charge in [-0.3, -0.25) is 4.79 Å². The first-order chi connectivity index (χ1) is 12.0. The normalized spacial score (nSPS) is 11.2. The number of halogens is 2. The largest absolute Gasteiger partial charge is 0.457 e. The van der Waals surface area contributed by atoms with Crippen LogP contribution in [-0.2, 0) is 9.53 Å². The van der Waals surface area contributed by atoms with Crippen LogP contribution in [0.2, 0.25) is 10.0 Å². The third kappa shape index (κ3) is 5.36.